The highest BCUT2D eigenvalue weighted by Crippen LogP contribution is 2.15. The van der Waals surface area contributed by atoms with Crippen LogP contribution >= 0.6 is 0 Å². The average molecular weight is 337 g/mol. The number of nitrogens with zero attached hydrogens (tertiary/aromatic N) is 1. The van der Waals surface area contributed by atoms with Crippen molar-refractivity contribution in [1.29, 1.82) is 5.26 Å². The fraction of sp³-hybridized carbons (Fsp3) is 0.333. The lowest BCUT2D eigenvalue weighted by Gasteiger charge is -2.07. The maximum absolute atomic E-state index is 12.0. The molecule has 0 fully saturated rings. The second kappa shape index (κ2) is 8.31. The number of nitriles is 1. The first-order valence-corrected chi connectivity index (χ1v) is 8.40. The Kier molecular flexibility index (Phi) is 6.75. The van der Waals surface area contributed by atoms with E-state index in [1.54, 1.807) is 6.07 Å². The number of carbonyl (C=O) groups is 1. The van der Waals surface area contributed by atoms with Crippen LogP contribution in [0, 0.1) is 17.2 Å². The standard InChI is InChI=1S/C15H19N3O4S/c1-11(2)6-7-17-10-12(9-16)15(19)18-13-4-3-5-14(8-13)23(20,21)22/h3-5,8,10-11,17H,6-7H2,1-2H3,(H,18,19)(H,20,21,22)/b12-10-. The van der Waals surface area contributed by atoms with Gasteiger partial charge in [0.05, 0.1) is 4.90 Å². The molecular weight excluding hydrogens is 318 g/mol. The van der Waals surface area contributed by atoms with Crippen LogP contribution < -0.4 is 10.6 Å². The molecule has 1 rings (SSSR count). The molecule has 1 aromatic rings. The summed E-state index contributed by atoms with van der Waals surface area (Å²) < 4.78 is 31.1. The molecule has 0 aromatic heterocycles. The molecule has 124 valence electrons. The van der Waals surface area contributed by atoms with Gasteiger partial charge < -0.3 is 10.6 Å². The average Bonchev–Trinajstić information content (AvgIpc) is 2.46. The molecule has 0 aliphatic heterocycles. The summed E-state index contributed by atoms with van der Waals surface area (Å²) in [7, 11) is -4.36. The van der Waals surface area contributed by atoms with Crippen molar-refractivity contribution in [2.75, 3.05) is 11.9 Å². The number of nitrogens with one attached hydrogen (secondary N) is 2. The van der Waals surface area contributed by atoms with Gasteiger partial charge >= 0.3 is 0 Å². The van der Waals surface area contributed by atoms with Gasteiger partial charge in [-0.15, -0.1) is 0 Å². The molecule has 0 unspecified atom stereocenters. The lowest BCUT2D eigenvalue weighted by Crippen LogP contribution is -2.18. The smallest absolute Gasteiger partial charge is 0.294 e. The normalized spacial score (nSPS) is 11.9. The molecule has 0 radical (unpaired) electrons. The summed E-state index contributed by atoms with van der Waals surface area (Å²) in [6.07, 6.45) is 2.22. The van der Waals surface area contributed by atoms with E-state index in [1.165, 1.54) is 24.4 Å². The highest BCUT2D eigenvalue weighted by molar-refractivity contribution is 7.85. The van der Waals surface area contributed by atoms with Crippen molar-refractivity contribution < 1.29 is 17.8 Å². The largest absolute Gasteiger partial charge is 0.390 e. The van der Waals surface area contributed by atoms with E-state index in [9.17, 15) is 13.2 Å². The number of carbonyl (C=O) groups excluding carboxylic acids is 1. The van der Waals surface area contributed by atoms with Crippen LogP contribution in [0.3, 0.4) is 0 Å². The lowest BCUT2D eigenvalue weighted by molar-refractivity contribution is -0.112. The maximum atomic E-state index is 12.0. The SMILES string of the molecule is CC(C)CCN/C=C(/C#N)C(=O)Nc1cccc(S(=O)(=O)O)c1. The molecule has 0 saturated heterocycles. The van der Waals surface area contributed by atoms with Crippen molar-refractivity contribution in [2.45, 2.75) is 25.2 Å². The van der Waals surface area contributed by atoms with Crippen molar-refractivity contribution in [3.8, 4) is 6.07 Å². The second-order valence-corrected chi connectivity index (χ2v) is 6.69. The Bertz CT molecular complexity index is 733. The van der Waals surface area contributed by atoms with E-state index in [0.29, 0.717) is 12.5 Å². The first kappa shape index (κ1) is 18.7. The van der Waals surface area contributed by atoms with Gasteiger partial charge in [0.25, 0.3) is 16.0 Å². The Labute approximate surface area is 135 Å². The predicted molar refractivity (Wildman–Crippen MR) is 86.0 cm³/mol. The zero-order chi connectivity index (χ0) is 17.5. The Morgan fingerprint density at radius 1 is 1.43 bits per heavy atom. The van der Waals surface area contributed by atoms with E-state index >= 15 is 0 Å². The number of anilines is 1. The summed E-state index contributed by atoms with van der Waals surface area (Å²) in [6.45, 7) is 4.76. The van der Waals surface area contributed by atoms with Crippen LogP contribution in [-0.4, -0.2) is 25.4 Å². The molecule has 23 heavy (non-hydrogen) atoms. The van der Waals surface area contributed by atoms with Gasteiger partial charge in [-0.2, -0.15) is 13.7 Å². The highest BCUT2D eigenvalue weighted by atomic mass is 32.2. The molecule has 0 atom stereocenters. The monoisotopic (exact) mass is 337 g/mol. The molecule has 1 amide bonds. The Morgan fingerprint density at radius 2 is 2.13 bits per heavy atom. The summed E-state index contributed by atoms with van der Waals surface area (Å²) in [6, 6.07) is 6.90. The van der Waals surface area contributed by atoms with Gasteiger partial charge in [-0.3, -0.25) is 9.35 Å². The number of hydrogen-bond acceptors (Lipinski definition) is 5. The summed E-state index contributed by atoms with van der Waals surface area (Å²) in [5, 5.41) is 14.3. The summed E-state index contributed by atoms with van der Waals surface area (Å²) in [5.41, 5.74) is 0.0273. The molecule has 1 aromatic carbocycles. The minimum Gasteiger partial charge on any atom is -0.390 e. The van der Waals surface area contributed by atoms with Crippen LogP contribution in [0.1, 0.15) is 20.3 Å². The molecule has 0 heterocycles. The third-order valence-corrected chi connectivity index (χ3v) is 3.72. The van der Waals surface area contributed by atoms with Gasteiger partial charge in [0.15, 0.2) is 0 Å². The first-order chi connectivity index (χ1) is 10.7. The highest BCUT2D eigenvalue weighted by Gasteiger charge is 2.13. The van der Waals surface area contributed by atoms with Crippen LogP contribution in [0.25, 0.3) is 0 Å². The third-order valence-electron chi connectivity index (χ3n) is 2.87. The lowest BCUT2D eigenvalue weighted by atomic mass is 10.1. The molecule has 0 saturated carbocycles. The molecule has 3 N–H and O–H groups in total. The first-order valence-electron chi connectivity index (χ1n) is 6.96. The summed E-state index contributed by atoms with van der Waals surface area (Å²) in [5.74, 6) is -0.171. The fourth-order valence-electron chi connectivity index (χ4n) is 1.63. The van der Waals surface area contributed by atoms with Gasteiger partial charge in [0, 0.05) is 18.4 Å². The van der Waals surface area contributed by atoms with E-state index in [1.807, 2.05) is 0 Å². The van der Waals surface area contributed by atoms with E-state index < -0.39 is 16.0 Å². The number of amides is 1. The summed E-state index contributed by atoms with van der Waals surface area (Å²) >= 11 is 0. The quantitative estimate of drug-likeness (QED) is 0.303. The van der Waals surface area contributed by atoms with Crippen LogP contribution in [0.4, 0.5) is 5.69 Å². The van der Waals surface area contributed by atoms with Crippen LogP contribution in [0.2, 0.25) is 0 Å². The minimum absolute atomic E-state index is 0.133. The van der Waals surface area contributed by atoms with Crippen LogP contribution in [0.5, 0.6) is 0 Å². The van der Waals surface area contributed by atoms with Gasteiger partial charge in [0.1, 0.15) is 11.6 Å². The third kappa shape index (κ3) is 6.50. The number of benzene rings is 1. The molecule has 8 heteroatoms. The van der Waals surface area contributed by atoms with Crippen LogP contribution in [-0.2, 0) is 14.9 Å². The van der Waals surface area contributed by atoms with E-state index in [-0.39, 0.29) is 16.2 Å². The predicted octanol–water partition coefficient (Wildman–Crippen LogP) is 1.91. The number of rotatable bonds is 7. The fourth-order valence-corrected chi connectivity index (χ4v) is 2.15. The maximum Gasteiger partial charge on any atom is 0.294 e. The van der Waals surface area contributed by atoms with Crippen molar-refractivity contribution >= 4 is 21.7 Å². The molecule has 0 spiro atoms. The van der Waals surface area contributed by atoms with Gasteiger partial charge in [-0.05, 0) is 30.5 Å². The Balaban J connectivity index is 2.77. The van der Waals surface area contributed by atoms with Gasteiger partial charge in [-0.1, -0.05) is 19.9 Å². The minimum atomic E-state index is -4.36. The van der Waals surface area contributed by atoms with Gasteiger partial charge in [0.2, 0.25) is 0 Å². The van der Waals surface area contributed by atoms with E-state index in [4.69, 9.17) is 9.81 Å². The topological polar surface area (TPSA) is 119 Å². The zero-order valence-corrected chi connectivity index (χ0v) is 13.7. The van der Waals surface area contributed by atoms with E-state index in [0.717, 1.165) is 12.5 Å². The number of hydrogen-bond donors (Lipinski definition) is 3. The van der Waals surface area contributed by atoms with Crippen molar-refractivity contribution in [3.05, 3.63) is 36.0 Å². The van der Waals surface area contributed by atoms with Crippen molar-refractivity contribution in [2.24, 2.45) is 5.92 Å². The molecule has 0 aliphatic carbocycles. The summed E-state index contributed by atoms with van der Waals surface area (Å²) in [4.78, 5) is 11.6. The van der Waals surface area contributed by atoms with Crippen LogP contribution in [0.15, 0.2) is 40.9 Å². The molecule has 7 nitrogen and oxygen atoms in total. The molecular formula is C15H19N3O4S. The molecule has 0 bridgehead atoms. The van der Waals surface area contributed by atoms with Crippen molar-refractivity contribution in [1.82, 2.24) is 5.32 Å². The Morgan fingerprint density at radius 3 is 2.70 bits per heavy atom. The zero-order valence-electron chi connectivity index (χ0n) is 12.9. The Hall–Kier alpha value is -2.37. The second-order valence-electron chi connectivity index (χ2n) is 5.26. The van der Waals surface area contributed by atoms with Crippen molar-refractivity contribution in [3.63, 3.8) is 0 Å². The molecule has 0 aliphatic rings. The van der Waals surface area contributed by atoms with Gasteiger partial charge in [-0.25, -0.2) is 0 Å². The van der Waals surface area contributed by atoms with E-state index in [2.05, 4.69) is 24.5 Å².